The summed E-state index contributed by atoms with van der Waals surface area (Å²) >= 11 is 1.92. The highest BCUT2D eigenvalue weighted by Gasteiger charge is 2.27. The summed E-state index contributed by atoms with van der Waals surface area (Å²) in [7, 11) is 0. The van der Waals surface area contributed by atoms with Gasteiger partial charge >= 0.3 is 0 Å². The molecule has 0 atom stereocenters. The summed E-state index contributed by atoms with van der Waals surface area (Å²) in [6, 6.07) is 2.37. The third-order valence-corrected chi connectivity index (χ3v) is 4.61. The van der Waals surface area contributed by atoms with E-state index in [1.807, 2.05) is 11.3 Å². The van der Waals surface area contributed by atoms with Gasteiger partial charge in [-0.25, -0.2) is 0 Å². The van der Waals surface area contributed by atoms with Crippen LogP contribution in [0.1, 0.15) is 36.1 Å². The van der Waals surface area contributed by atoms with E-state index in [2.05, 4.69) is 44.0 Å². The molecule has 0 radical (unpaired) electrons. The van der Waals surface area contributed by atoms with Crippen molar-refractivity contribution in [2.45, 2.75) is 46.4 Å². The topological polar surface area (TPSA) is 24.5 Å². The monoisotopic (exact) mass is 282 g/mol. The molecule has 3 nitrogen and oxygen atoms in total. The molecule has 0 unspecified atom stereocenters. The van der Waals surface area contributed by atoms with Crippen LogP contribution in [0, 0.1) is 6.92 Å². The van der Waals surface area contributed by atoms with E-state index >= 15 is 0 Å². The Kier molecular flexibility index (Phi) is 5.01. The SMILES string of the molecule is CCNCc1cc(CN2CCOC(C)(C)C2)c(C)s1. The number of rotatable bonds is 5. The highest BCUT2D eigenvalue weighted by molar-refractivity contribution is 7.12. The molecule has 1 aromatic rings. The first kappa shape index (κ1) is 15.0. The van der Waals surface area contributed by atoms with Crippen molar-refractivity contribution in [1.82, 2.24) is 10.2 Å². The summed E-state index contributed by atoms with van der Waals surface area (Å²) in [6.45, 7) is 14.7. The maximum atomic E-state index is 5.77. The van der Waals surface area contributed by atoms with Crippen molar-refractivity contribution < 1.29 is 4.74 Å². The number of thiophene rings is 1. The lowest BCUT2D eigenvalue weighted by atomic mass is 10.1. The molecule has 19 heavy (non-hydrogen) atoms. The van der Waals surface area contributed by atoms with Gasteiger partial charge in [-0.15, -0.1) is 11.3 Å². The molecule has 0 bridgehead atoms. The molecule has 2 heterocycles. The molecule has 0 saturated carbocycles. The van der Waals surface area contributed by atoms with Crippen molar-refractivity contribution in [2.24, 2.45) is 0 Å². The molecule has 0 spiro atoms. The first-order valence-electron chi connectivity index (χ1n) is 7.15. The minimum Gasteiger partial charge on any atom is -0.373 e. The zero-order valence-corrected chi connectivity index (χ0v) is 13.4. The van der Waals surface area contributed by atoms with Gasteiger partial charge in [0.2, 0.25) is 0 Å². The van der Waals surface area contributed by atoms with E-state index in [1.54, 1.807) is 0 Å². The Morgan fingerprint density at radius 1 is 1.47 bits per heavy atom. The fourth-order valence-electron chi connectivity index (χ4n) is 2.57. The Bertz CT molecular complexity index is 414. The summed E-state index contributed by atoms with van der Waals surface area (Å²) in [6.07, 6.45) is 0. The van der Waals surface area contributed by atoms with Crippen molar-refractivity contribution in [3.63, 3.8) is 0 Å². The van der Waals surface area contributed by atoms with Gasteiger partial charge in [-0.05, 0) is 38.9 Å². The lowest BCUT2D eigenvalue weighted by Crippen LogP contribution is -2.47. The number of ether oxygens (including phenoxy) is 1. The predicted octanol–water partition coefficient (Wildman–Crippen LogP) is 2.78. The van der Waals surface area contributed by atoms with Crippen LogP contribution in [0.15, 0.2) is 6.07 Å². The Labute approximate surface area is 121 Å². The van der Waals surface area contributed by atoms with Crippen LogP contribution in [-0.4, -0.2) is 36.7 Å². The first-order chi connectivity index (χ1) is 9.00. The average Bonchev–Trinajstić information content (AvgIpc) is 2.66. The minimum atomic E-state index is -0.00519. The van der Waals surface area contributed by atoms with Crippen molar-refractivity contribution in [3.05, 3.63) is 21.4 Å². The Hall–Kier alpha value is -0.420. The van der Waals surface area contributed by atoms with Crippen LogP contribution in [0.4, 0.5) is 0 Å². The van der Waals surface area contributed by atoms with Crippen molar-refractivity contribution >= 4 is 11.3 Å². The lowest BCUT2D eigenvalue weighted by molar-refractivity contribution is -0.0882. The van der Waals surface area contributed by atoms with Crippen LogP contribution >= 0.6 is 11.3 Å². The maximum Gasteiger partial charge on any atom is 0.0753 e. The van der Waals surface area contributed by atoms with Gasteiger partial charge in [0.1, 0.15) is 0 Å². The van der Waals surface area contributed by atoms with Crippen LogP contribution in [0.3, 0.4) is 0 Å². The molecule has 1 aliphatic heterocycles. The molecule has 1 saturated heterocycles. The molecule has 1 aliphatic rings. The van der Waals surface area contributed by atoms with Crippen LogP contribution in [0.2, 0.25) is 0 Å². The largest absolute Gasteiger partial charge is 0.373 e. The predicted molar refractivity (Wildman–Crippen MR) is 81.7 cm³/mol. The molecule has 108 valence electrons. The quantitative estimate of drug-likeness (QED) is 0.899. The molecule has 1 fully saturated rings. The summed E-state index contributed by atoms with van der Waals surface area (Å²) in [5.41, 5.74) is 1.48. The molecule has 1 N–H and O–H groups in total. The zero-order valence-electron chi connectivity index (χ0n) is 12.6. The summed E-state index contributed by atoms with van der Waals surface area (Å²) in [5.74, 6) is 0. The molecule has 1 aromatic heterocycles. The summed E-state index contributed by atoms with van der Waals surface area (Å²) in [5, 5.41) is 3.40. The minimum absolute atomic E-state index is 0.00519. The fourth-order valence-corrected chi connectivity index (χ4v) is 3.59. The zero-order chi connectivity index (χ0) is 13.9. The summed E-state index contributed by atoms with van der Waals surface area (Å²) in [4.78, 5) is 5.41. The van der Waals surface area contributed by atoms with Gasteiger partial charge < -0.3 is 10.1 Å². The number of hydrogen-bond donors (Lipinski definition) is 1. The second-order valence-corrected chi connectivity index (χ2v) is 7.23. The number of nitrogens with one attached hydrogen (secondary N) is 1. The Morgan fingerprint density at radius 3 is 2.95 bits per heavy atom. The van der Waals surface area contributed by atoms with E-state index in [1.165, 1.54) is 15.3 Å². The van der Waals surface area contributed by atoms with Gasteiger partial charge in [0, 0.05) is 35.9 Å². The third-order valence-electron chi connectivity index (χ3n) is 3.52. The normalized spacial score (nSPS) is 19.8. The Morgan fingerprint density at radius 2 is 2.26 bits per heavy atom. The molecule has 0 aliphatic carbocycles. The molecular weight excluding hydrogens is 256 g/mol. The maximum absolute atomic E-state index is 5.77. The second-order valence-electron chi connectivity index (χ2n) is 5.89. The third kappa shape index (κ3) is 4.28. The van der Waals surface area contributed by atoms with Gasteiger partial charge in [0.05, 0.1) is 12.2 Å². The molecule has 0 amide bonds. The van der Waals surface area contributed by atoms with Crippen LogP contribution < -0.4 is 5.32 Å². The highest BCUT2D eigenvalue weighted by Crippen LogP contribution is 2.25. The van der Waals surface area contributed by atoms with E-state index in [-0.39, 0.29) is 5.60 Å². The lowest BCUT2D eigenvalue weighted by Gasteiger charge is -2.38. The number of hydrogen-bond acceptors (Lipinski definition) is 4. The van der Waals surface area contributed by atoms with Crippen molar-refractivity contribution in [3.8, 4) is 0 Å². The Balaban J connectivity index is 1.96. The molecule has 2 rings (SSSR count). The fraction of sp³-hybridized carbons (Fsp3) is 0.733. The van der Waals surface area contributed by atoms with Gasteiger partial charge in [0.15, 0.2) is 0 Å². The van der Waals surface area contributed by atoms with E-state index < -0.39 is 0 Å². The van der Waals surface area contributed by atoms with E-state index in [9.17, 15) is 0 Å². The molecule has 4 heteroatoms. The molecular formula is C15H26N2OS. The van der Waals surface area contributed by atoms with Crippen molar-refractivity contribution in [1.29, 1.82) is 0 Å². The van der Waals surface area contributed by atoms with Crippen molar-refractivity contribution in [2.75, 3.05) is 26.2 Å². The van der Waals surface area contributed by atoms with Crippen LogP contribution in [0.25, 0.3) is 0 Å². The standard InChI is InChI=1S/C15H26N2OS/c1-5-16-9-14-8-13(12(2)19-14)10-17-6-7-18-15(3,4)11-17/h8,16H,5-7,9-11H2,1-4H3. The van der Waals surface area contributed by atoms with Gasteiger partial charge in [-0.2, -0.15) is 0 Å². The number of morpholine rings is 1. The van der Waals surface area contributed by atoms with Crippen LogP contribution in [0.5, 0.6) is 0 Å². The van der Waals surface area contributed by atoms with E-state index in [4.69, 9.17) is 4.74 Å². The van der Waals surface area contributed by atoms with Crippen LogP contribution in [-0.2, 0) is 17.8 Å². The average molecular weight is 282 g/mol. The van der Waals surface area contributed by atoms with Gasteiger partial charge in [0.25, 0.3) is 0 Å². The van der Waals surface area contributed by atoms with E-state index in [0.29, 0.717) is 0 Å². The first-order valence-corrected chi connectivity index (χ1v) is 7.97. The van der Waals surface area contributed by atoms with Gasteiger partial charge in [-0.1, -0.05) is 6.92 Å². The smallest absolute Gasteiger partial charge is 0.0753 e. The van der Waals surface area contributed by atoms with E-state index in [0.717, 1.165) is 39.3 Å². The van der Waals surface area contributed by atoms with Gasteiger partial charge in [-0.3, -0.25) is 4.90 Å². The second kappa shape index (κ2) is 6.35. The summed E-state index contributed by atoms with van der Waals surface area (Å²) < 4.78 is 5.77. The highest BCUT2D eigenvalue weighted by atomic mass is 32.1. The molecule has 0 aromatic carbocycles. The number of nitrogens with zero attached hydrogens (tertiary/aromatic N) is 1. The number of aryl methyl sites for hydroxylation is 1.